The van der Waals surface area contributed by atoms with Gasteiger partial charge in [-0.15, -0.1) is 0 Å². The van der Waals surface area contributed by atoms with Crippen molar-refractivity contribution >= 4 is 11.9 Å². The van der Waals surface area contributed by atoms with Gasteiger partial charge in [-0.1, -0.05) is 30.3 Å². The molecule has 1 fully saturated rings. The number of carbonyl (C=O) groups is 2. The molecule has 1 aromatic rings. The molecule has 0 unspecified atom stereocenters. The molecule has 1 aromatic carbocycles. The predicted octanol–water partition coefficient (Wildman–Crippen LogP) is 1.26. The Balaban J connectivity index is 1.64. The zero-order chi connectivity index (χ0) is 18.3. The third kappa shape index (κ3) is 7.67. The Morgan fingerprint density at radius 3 is 2.12 bits per heavy atom. The lowest BCUT2D eigenvalue weighted by atomic mass is 10.2. The van der Waals surface area contributed by atoms with Gasteiger partial charge in [0.25, 0.3) is 0 Å². The number of rotatable bonds is 6. The number of nitrogens with zero attached hydrogens (tertiary/aromatic N) is 2. The van der Waals surface area contributed by atoms with E-state index in [-0.39, 0.29) is 11.9 Å². The SMILES string of the molecule is CC(C)(C)OC(=O)CN1CCN(CC(=O)NCc2ccccc2)CC1. The van der Waals surface area contributed by atoms with Crippen LogP contribution in [-0.4, -0.2) is 66.5 Å². The Kier molecular flexibility index (Phi) is 6.96. The van der Waals surface area contributed by atoms with Crippen LogP contribution in [0.25, 0.3) is 0 Å². The standard InChI is InChI=1S/C19H29N3O3/c1-19(2,3)25-18(24)15-22-11-9-21(10-12-22)14-17(23)20-13-16-7-5-4-6-8-16/h4-8H,9-15H2,1-3H3,(H,20,23). The van der Waals surface area contributed by atoms with Crippen LogP contribution in [-0.2, 0) is 20.9 Å². The first-order chi connectivity index (χ1) is 11.8. The Morgan fingerprint density at radius 1 is 1.00 bits per heavy atom. The number of esters is 1. The average molecular weight is 347 g/mol. The van der Waals surface area contributed by atoms with Gasteiger partial charge < -0.3 is 10.1 Å². The minimum absolute atomic E-state index is 0.0319. The summed E-state index contributed by atoms with van der Waals surface area (Å²) in [5.74, 6) is -0.161. The molecule has 138 valence electrons. The van der Waals surface area contributed by atoms with Crippen LogP contribution >= 0.6 is 0 Å². The number of carbonyl (C=O) groups excluding carboxylic acids is 2. The fraction of sp³-hybridized carbons (Fsp3) is 0.579. The van der Waals surface area contributed by atoms with Gasteiger partial charge in [-0.25, -0.2) is 0 Å². The van der Waals surface area contributed by atoms with E-state index >= 15 is 0 Å². The zero-order valence-corrected chi connectivity index (χ0v) is 15.5. The second kappa shape index (κ2) is 8.97. The molecule has 6 heteroatoms. The van der Waals surface area contributed by atoms with Crippen LogP contribution in [0, 0.1) is 0 Å². The van der Waals surface area contributed by atoms with Gasteiger partial charge in [0.2, 0.25) is 5.91 Å². The van der Waals surface area contributed by atoms with E-state index in [0.717, 1.165) is 31.7 Å². The van der Waals surface area contributed by atoms with Crippen molar-refractivity contribution in [2.75, 3.05) is 39.3 Å². The summed E-state index contributed by atoms with van der Waals surface area (Å²) in [7, 11) is 0. The molecule has 1 saturated heterocycles. The van der Waals surface area contributed by atoms with Crippen LogP contribution in [0.5, 0.6) is 0 Å². The Bertz CT molecular complexity index is 561. The molecule has 0 saturated carbocycles. The molecule has 0 radical (unpaired) electrons. The van der Waals surface area contributed by atoms with Gasteiger partial charge in [-0.2, -0.15) is 0 Å². The highest BCUT2D eigenvalue weighted by Gasteiger charge is 2.23. The number of amides is 1. The molecule has 1 heterocycles. The fourth-order valence-electron chi connectivity index (χ4n) is 2.72. The maximum atomic E-state index is 12.1. The third-order valence-electron chi connectivity index (χ3n) is 3.94. The number of ether oxygens (including phenoxy) is 1. The molecule has 1 N–H and O–H groups in total. The molecular weight excluding hydrogens is 318 g/mol. The van der Waals surface area contributed by atoms with E-state index in [2.05, 4.69) is 15.1 Å². The summed E-state index contributed by atoms with van der Waals surface area (Å²) in [5, 5.41) is 2.95. The monoisotopic (exact) mass is 347 g/mol. The van der Waals surface area contributed by atoms with Gasteiger partial charge in [0, 0.05) is 32.7 Å². The van der Waals surface area contributed by atoms with Crippen molar-refractivity contribution in [1.29, 1.82) is 0 Å². The van der Waals surface area contributed by atoms with E-state index in [9.17, 15) is 9.59 Å². The van der Waals surface area contributed by atoms with E-state index in [1.807, 2.05) is 51.1 Å². The average Bonchev–Trinajstić information content (AvgIpc) is 2.54. The highest BCUT2D eigenvalue weighted by molar-refractivity contribution is 5.78. The van der Waals surface area contributed by atoms with Crippen LogP contribution in [0.4, 0.5) is 0 Å². The normalized spacial score (nSPS) is 16.4. The second-order valence-corrected chi connectivity index (χ2v) is 7.40. The number of benzene rings is 1. The van der Waals surface area contributed by atoms with Crippen LogP contribution < -0.4 is 5.32 Å². The van der Waals surface area contributed by atoms with Crippen molar-refractivity contribution in [2.45, 2.75) is 32.9 Å². The molecule has 0 atom stereocenters. The van der Waals surface area contributed by atoms with E-state index in [4.69, 9.17) is 4.74 Å². The number of piperazine rings is 1. The van der Waals surface area contributed by atoms with Gasteiger partial charge in [-0.3, -0.25) is 19.4 Å². The van der Waals surface area contributed by atoms with Crippen molar-refractivity contribution in [3.05, 3.63) is 35.9 Å². The summed E-state index contributed by atoms with van der Waals surface area (Å²) in [5.41, 5.74) is 0.647. The van der Waals surface area contributed by atoms with Gasteiger partial charge in [0.15, 0.2) is 0 Å². The van der Waals surface area contributed by atoms with Crippen LogP contribution in [0.15, 0.2) is 30.3 Å². The predicted molar refractivity (Wildman–Crippen MR) is 97.0 cm³/mol. The van der Waals surface area contributed by atoms with E-state index in [1.54, 1.807) is 0 Å². The Labute approximate surface area is 150 Å². The minimum atomic E-state index is -0.449. The molecule has 2 rings (SSSR count). The van der Waals surface area contributed by atoms with Crippen molar-refractivity contribution in [1.82, 2.24) is 15.1 Å². The Hall–Kier alpha value is -1.92. The summed E-state index contributed by atoms with van der Waals surface area (Å²) < 4.78 is 5.35. The molecule has 1 aliphatic heterocycles. The first-order valence-corrected chi connectivity index (χ1v) is 8.79. The van der Waals surface area contributed by atoms with Gasteiger partial charge in [0.1, 0.15) is 5.60 Å². The largest absolute Gasteiger partial charge is 0.459 e. The maximum Gasteiger partial charge on any atom is 0.320 e. The van der Waals surface area contributed by atoms with E-state index in [1.165, 1.54) is 0 Å². The summed E-state index contributed by atoms with van der Waals surface area (Å²) >= 11 is 0. The molecule has 6 nitrogen and oxygen atoms in total. The van der Waals surface area contributed by atoms with Gasteiger partial charge in [-0.05, 0) is 26.3 Å². The first-order valence-electron chi connectivity index (χ1n) is 8.79. The highest BCUT2D eigenvalue weighted by Crippen LogP contribution is 2.08. The van der Waals surface area contributed by atoms with Gasteiger partial charge >= 0.3 is 5.97 Å². The summed E-state index contributed by atoms with van der Waals surface area (Å²) in [6.07, 6.45) is 0. The number of hydrogen-bond acceptors (Lipinski definition) is 5. The van der Waals surface area contributed by atoms with Crippen molar-refractivity contribution in [3.63, 3.8) is 0 Å². The van der Waals surface area contributed by atoms with Crippen molar-refractivity contribution in [3.8, 4) is 0 Å². The third-order valence-corrected chi connectivity index (χ3v) is 3.94. The Morgan fingerprint density at radius 2 is 1.56 bits per heavy atom. The molecule has 0 aliphatic carbocycles. The zero-order valence-electron chi connectivity index (χ0n) is 15.5. The van der Waals surface area contributed by atoms with E-state index < -0.39 is 5.60 Å². The smallest absolute Gasteiger partial charge is 0.320 e. The quantitative estimate of drug-likeness (QED) is 0.785. The second-order valence-electron chi connectivity index (χ2n) is 7.40. The molecular formula is C19H29N3O3. The molecule has 0 spiro atoms. The van der Waals surface area contributed by atoms with Crippen molar-refractivity contribution in [2.24, 2.45) is 0 Å². The minimum Gasteiger partial charge on any atom is -0.459 e. The summed E-state index contributed by atoms with van der Waals surface area (Å²) in [6.45, 7) is 9.97. The lowest BCUT2D eigenvalue weighted by Crippen LogP contribution is -2.50. The maximum absolute atomic E-state index is 12.1. The summed E-state index contributed by atoms with van der Waals surface area (Å²) in [6, 6.07) is 9.88. The van der Waals surface area contributed by atoms with E-state index in [0.29, 0.717) is 19.6 Å². The number of hydrogen-bond donors (Lipinski definition) is 1. The van der Waals surface area contributed by atoms with Crippen LogP contribution in [0.1, 0.15) is 26.3 Å². The summed E-state index contributed by atoms with van der Waals surface area (Å²) in [4.78, 5) is 28.1. The molecule has 0 bridgehead atoms. The lowest BCUT2D eigenvalue weighted by molar-refractivity contribution is -0.156. The molecule has 0 aromatic heterocycles. The lowest BCUT2D eigenvalue weighted by Gasteiger charge is -2.34. The highest BCUT2D eigenvalue weighted by atomic mass is 16.6. The van der Waals surface area contributed by atoms with Crippen molar-refractivity contribution < 1.29 is 14.3 Å². The fourth-order valence-corrected chi connectivity index (χ4v) is 2.72. The van der Waals surface area contributed by atoms with Crippen LogP contribution in [0.2, 0.25) is 0 Å². The first kappa shape index (κ1) is 19.4. The van der Waals surface area contributed by atoms with Crippen LogP contribution in [0.3, 0.4) is 0 Å². The van der Waals surface area contributed by atoms with Gasteiger partial charge in [0.05, 0.1) is 13.1 Å². The molecule has 1 aliphatic rings. The molecule has 25 heavy (non-hydrogen) atoms. The topological polar surface area (TPSA) is 61.9 Å². The number of nitrogens with one attached hydrogen (secondary N) is 1. The molecule has 1 amide bonds.